The highest BCUT2D eigenvalue weighted by molar-refractivity contribution is 5.96. The second kappa shape index (κ2) is 11.2. The molecule has 2 N–H and O–H groups in total. The van der Waals surface area contributed by atoms with Crippen molar-refractivity contribution in [3.8, 4) is 11.5 Å². The second-order valence-corrected chi connectivity index (χ2v) is 6.67. The SMILES string of the molecule is COc1ccc(C(=O)Oc2ccc(C=NNC(=O)CNC(=O)c3ccc(F)cc3)cc2)cc1. The van der Waals surface area contributed by atoms with E-state index in [0.717, 1.165) is 12.1 Å². The van der Waals surface area contributed by atoms with Crippen LogP contribution in [-0.2, 0) is 4.79 Å². The van der Waals surface area contributed by atoms with Gasteiger partial charge in [0.15, 0.2) is 0 Å². The monoisotopic (exact) mass is 449 g/mol. The fraction of sp³-hybridized carbons (Fsp3) is 0.0833. The number of hydrazone groups is 1. The zero-order chi connectivity index (χ0) is 23.6. The normalized spacial score (nSPS) is 10.5. The number of nitrogens with one attached hydrogen (secondary N) is 2. The summed E-state index contributed by atoms with van der Waals surface area (Å²) in [5, 5.41) is 6.22. The molecule has 0 aromatic heterocycles. The summed E-state index contributed by atoms with van der Waals surface area (Å²) in [4.78, 5) is 35.9. The van der Waals surface area contributed by atoms with Crippen LogP contribution in [0.4, 0.5) is 4.39 Å². The van der Waals surface area contributed by atoms with Crippen molar-refractivity contribution in [2.75, 3.05) is 13.7 Å². The van der Waals surface area contributed by atoms with E-state index in [0.29, 0.717) is 22.6 Å². The number of nitrogens with zero attached hydrogens (tertiary/aromatic N) is 1. The lowest BCUT2D eigenvalue weighted by Crippen LogP contribution is -2.34. The van der Waals surface area contributed by atoms with Crippen molar-refractivity contribution >= 4 is 24.0 Å². The Bertz CT molecular complexity index is 1140. The number of esters is 1. The Labute approximate surface area is 189 Å². The molecule has 0 unspecified atom stereocenters. The van der Waals surface area contributed by atoms with Crippen molar-refractivity contribution in [3.05, 3.63) is 95.3 Å². The number of ether oxygens (including phenoxy) is 2. The third kappa shape index (κ3) is 7.00. The first-order chi connectivity index (χ1) is 15.9. The van der Waals surface area contributed by atoms with Crippen LogP contribution in [0.15, 0.2) is 77.9 Å². The minimum atomic E-state index is -0.535. The molecule has 0 aliphatic heterocycles. The number of carbonyl (C=O) groups excluding carboxylic acids is 3. The standard InChI is InChI=1S/C24H20FN3O5/c1-32-20-12-6-18(7-13-20)24(31)33-21-10-2-16(3-11-21)14-27-28-22(29)15-26-23(30)17-4-8-19(25)9-5-17/h2-14H,15H2,1H3,(H,26,30)(H,28,29). The molecule has 3 aromatic carbocycles. The first-order valence-electron chi connectivity index (χ1n) is 9.76. The van der Waals surface area contributed by atoms with E-state index < -0.39 is 23.6 Å². The van der Waals surface area contributed by atoms with Crippen LogP contribution in [0.3, 0.4) is 0 Å². The van der Waals surface area contributed by atoms with Gasteiger partial charge >= 0.3 is 5.97 Å². The molecule has 0 aliphatic rings. The fourth-order valence-corrected chi connectivity index (χ4v) is 2.60. The van der Waals surface area contributed by atoms with E-state index in [2.05, 4.69) is 15.8 Å². The summed E-state index contributed by atoms with van der Waals surface area (Å²) in [6.07, 6.45) is 1.40. The summed E-state index contributed by atoms with van der Waals surface area (Å²) in [6.45, 7) is -0.298. The lowest BCUT2D eigenvalue weighted by Gasteiger charge is -2.06. The van der Waals surface area contributed by atoms with Gasteiger partial charge in [-0.25, -0.2) is 14.6 Å². The van der Waals surface area contributed by atoms with Gasteiger partial charge in [0.25, 0.3) is 11.8 Å². The zero-order valence-corrected chi connectivity index (χ0v) is 17.6. The van der Waals surface area contributed by atoms with Gasteiger partial charge in [0, 0.05) is 5.56 Å². The predicted octanol–water partition coefficient (Wildman–Crippen LogP) is 2.93. The Morgan fingerprint density at radius 3 is 2.12 bits per heavy atom. The van der Waals surface area contributed by atoms with Crippen molar-refractivity contribution in [2.45, 2.75) is 0 Å². The molecule has 2 amide bonds. The quantitative estimate of drug-likeness (QED) is 0.238. The summed E-state index contributed by atoms with van der Waals surface area (Å²) >= 11 is 0. The third-order valence-electron chi connectivity index (χ3n) is 4.34. The summed E-state index contributed by atoms with van der Waals surface area (Å²) < 4.78 is 23.2. The largest absolute Gasteiger partial charge is 0.497 e. The highest BCUT2D eigenvalue weighted by Crippen LogP contribution is 2.16. The molecule has 33 heavy (non-hydrogen) atoms. The van der Waals surface area contributed by atoms with E-state index in [1.54, 1.807) is 48.5 Å². The van der Waals surface area contributed by atoms with E-state index in [1.165, 1.54) is 25.5 Å². The predicted molar refractivity (Wildman–Crippen MR) is 119 cm³/mol. The number of rotatable bonds is 8. The number of hydrogen-bond acceptors (Lipinski definition) is 6. The summed E-state index contributed by atoms with van der Waals surface area (Å²) in [7, 11) is 1.54. The third-order valence-corrected chi connectivity index (χ3v) is 4.34. The molecule has 0 atom stereocenters. The molecule has 0 radical (unpaired) electrons. The maximum Gasteiger partial charge on any atom is 0.343 e. The fourth-order valence-electron chi connectivity index (χ4n) is 2.60. The molecule has 0 saturated carbocycles. The first kappa shape index (κ1) is 23.1. The number of carbonyl (C=O) groups is 3. The van der Waals surface area contributed by atoms with E-state index in [4.69, 9.17) is 9.47 Å². The summed E-state index contributed by atoms with van der Waals surface area (Å²) in [6, 6.07) is 18.0. The van der Waals surface area contributed by atoms with Crippen molar-refractivity contribution in [1.82, 2.24) is 10.7 Å². The van der Waals surface area contributed by atoms with E-state index in [9.17, 15) is 18.8 Å². The van der Waals surface area contributed by atoms with Crippen LogP contribution in [0.1, 0.15) is 26.3 Å². The molecule has 0 heterocycles. The van der Waals surface area contributed by atoms with Crippen LogP contribution in [-0.4, -0.2) is 37.7 Å². The molecule has 9 heteroatoms. The van der Waals surface area contributed by atoms with Crippen molar-refractivity contribution in [3.63, 3.8) is 0 Å². The topological polar surface area (TPSA) is 106 Å². The first-order valence-corrected chi connectivity index (χ1v) is 9.76. The molecule has 0 spiro atoms. The molecule has 3 aromatic rings. The minimum Gasteiger partial charge on any atom is -0.497 e. The van der Waals surface area contributed by atoms with Gasteiger partial charge in [0.2, 0.25) is 0 Å². The number of benzene rings is 3. The molecule has 8 nitrogen and oxygen atoms in total. The Kier molecular flexibility index (Phi) is 7.85. The smallest absolute Gasteiger partial charge is 0.343 e. The number of methoxy groups -OCH3 is 1. The summed E-state index contributed by atoms with van der Waals surface area (Å²) in [5.41, 5.74) is 3.55. The maximum absolute atomic E-state index is 12.9. The average Bonchev–Trinajstić information content (AvgIpc) is 2.84. The lowest BCUT2D eigenvalue weighted by molar-refractivity contribution is -0.120. The zero-order valence-electron chi connectivity index (χ0n) is 17.6. The highest BCUT2D eigenvalue weighted by Gasteiger charge is 2.09. The van der Waals surface area contributed by atoms with Gasteiger partial charge in [-0.05, 0) is 78.4 Å². The molecule has 3 rings (SSSR count). The van der Waals surface area contributed by atoms with Gasteiger partial charge < -0.3 is 14.8 Å². The van der Waals surface area contributed by atoms with Gasteiger partial charge in [-0.3, -0.25) is 9.59 Å². The van der Waals surface area contributed by atoms with Crippen LogP contribution in [0.5, 0.6) is 11.5 Å². The van der Waals surface area contributed by atoms with E-state index in [-0.39, 0.29) is 12.1 Å². The molecule has 0 aliphatic carbocycles. The molecule has 0 saturated heterocycles. The van der Waals surface area contributed by atoms with Gasteiger partial charge in [-0.2, -0.15) is 5.10 Å². The Morgan fingerprint density at radius 1 is 0.879 bits per heavy atom. The van der Waals surface area contributed by atoms with Gasteiger partial charge in [-0.15, -0.1) is 0 Å². The number of amides is 2. The molecule has 0 fully saturated rings. The molecule has 168 valence electrons. The van der Waals surface area contributed by atoms with Crippen LogP contribution < -0.4 is 20.2 Å². The Balaban J connectivity index is 1.44. The second-order valence-electron chi connectivity index (χ2n) is 6.67. The van der Waals surface area contributed by atoms with E-state index in [1.807, 2.05) is 0 Å². The lowest BCUT2D eigenvalue weighted by atomic mass is 10.2. The van der Waals surface area contributed by atoms with Gasteiger partial charge in [0.1, 0.15) is 17.3 Å². The van der Waals surface area contributed by atoms with Crippen molar-refractivity contribution < 1.29 is 28.2 Å². The van der Waals surface area contributed by atoms with E-state index >= 15 is 0 Å². The van der Waals surface area contributed by atoms with Crippen molar-refractivity contribution in [1.29, 1.82) is 0 Å². The van der Waals surface area contributed by atoms with Crippen LogP contribution >= 0.6 is 0 Å². The van der Waals surface area contributed by atoms with Crippen LogP contribution in [0.2, 0.25) is 0 Å². The highest BCUT2D eigenvalue weighted by atomic mass is 19.1. The minimum absolute atomic E-state index is 0.237. The van der Waals surface area contributed by atoms with Crippen LogP contribution in [0, 0.1) is 5.82 Å². The van der Waals surface area contributed by atoms with Crippen molar-refractivity contribution in [2.24, 2.45) is 5.10 Å². The maximum atomic E-state index is 12.9. The van der Waals surface area contributed by atoms with Crippen LogP contribution in [0.25, 0.3) is 0 Å². The number of halogens is 1. The Hall–Kier alpha value is -4.53. The Morgan fingerprint density at radius 2 is 1.48 bits per heavy atom. The molecular weight excluding hydrogens is 429 g/mol. The molecular formula is C24H20FN3O5. The van der Waals surface area contributed by atoms with Gasteiger partial charge in [0.05, 0.1) is 25.4 Å². The van der Waals surface area contributed by atoms with Gasteiger partial charge in [-0.1, -0.05) is 0 Å². The molecule has 0 bridgehead atoms. The summed E-state index contributed by atoms with van der Waals surface area (Å²) in [5.74, 6) is -1.02. The average molecular weight is 449 g/mol. The number of hydrogen-bond donors (Lipinski definition) is 2.